The van der Waals surface area contributed by atoms with E-state index >= 15 is 0 Å². The van der Waals surface area contributed by atoms with Crippen molar-refractivity contribution in [1.29, 1.82) is 0 Å². The van der Waals surface area contributed by atoms with E-state index in [0.717, 1.165) is 11.4 Å². The Labute approximate surface area is 105 Å². The Balaban J connectivity index is 2.82. The van der Waals surface area contributed by atoms with Gasteiger partial charge in [0.1, 0.15) is 0 Å². The molecule has 1 rings (SSSR count). The number of nitrogens with one attached hydrogen (secondary N) is 1. The lowest BCUT2D eigenvalue weighted by atomic mass is 10.2. The first-order chi connectivity index (χ1) is 7.97. The number of carbonyl (C=O) groups is 2. The maximum absolute atomic E-state index is 11.5. The molecule has 1 heterocycles. The summed E-state index contributed by atoms with van der Waals surface area (Å²) in [6.45, 7) is 4.77. The highest BCUT2D eigenvalue weighted by Crippen LogP contribution is 2.15. The van der Waals surface area contributed by atoms with E-state index in [1.165, 1.54) is 0 Å². The second-order valence-electron chi connectivity index (χ2n) is 3.78. The van der Waals surface area contributed by atoms with Crippen molar-refractivity contribution in [3.8, 4) is 0 Å². The Bertz CT molecular complexity index is 440. The van der Waals surface area contributed by atoms with Crippen molar-refractivity contribution in [3.63, 3.8) is 0 Å². The largest absolute Gasteiger partial charge is 0.352 e. The summed E-state index contributed by atoms with van der Waals surface area (Å²) in [6, 6.07) is 1.26. The SMILES string of the molecule is Cc1cc(C(=O)CCl)c(C)n1CCNC(N)=O. The molecule has 3 N–H and O–H groups in total. The van der Waals surface area contributed by atoms with Gasteiger partial charge in [0.2, 0.25) is 0 Å². The van der Waals surface area contributed by atoms with Crippen molar-refractivity contribution in [2.75, 3.05) is 12.4 Å². The smallest absolute Gasteiger partial charge is 0.312 e. The van der Waals surface area contributed by atoms with Gasteiger partial charge in [-0.05, 0) is 19.9 Å². The van der Waals surface area contributed by atoms with Gasteiger partial charge in [-0.2, -0.15) is 0 Å². The number of Topliss-reactive ketones (excluding diaryl/α,β-unsaturated/α-hetero) is 1. The van der Waals surface area contributed by atoms with Gasteiger partial charge in [-0.3, -0.25) is 4.79 Å². The number of amides is 2. The number of urea groups is 1. The predicted octanol–water partition coefficient (Wildman–Crippen LogP) is 1.19. The third-order valence-corrected chi connectivity index (χ3v) is 2.87. The summed E-state index contributed by atoms with van der Waals surface area (Å²) >= 11 is 5.53. The summed E-state index contributed by atoms with van der Waals surface area (Å²) < 4.78 is 1.95. The topological polar surface area (TPSA) is 77.1 Å². The predicted molar refractivity (Wildman–Crippen MR) is 66.5 cm³/mol. The molecular weight excluding hydrogens is 242 g/mol. The number of halogens is 1. The lowest BCUT2D eigenvalue weighted by molar-refractivity contribution is 0.102. The molecule has 17 heavy (non-hydrogen) atoms. The van der Waals surface area contributed by atoms with Crippen molar-refractivity contribution in [2.45, 2.75) is 20.4 Å². The maximum atomic E-state index is 11.5. The summed E-state index contributed by atoms with van der Waals surface area (Å²) in [5, 5.41) is 2.51. The Morgan fingerprint density at radius 1 is 1.47 bits per heavy atom. The number of carbonyl (C=O) groups excluding carboxylic acids is 2. The fourth-order valence-electron chi connectivity index (χ4n) is 1.79. The minimum atomic E-state index is -0.551. The summed E-state index contributed by atoms with van der Waals surface area (Å²) in [7, 11) is 0. The van der Waals surface area contributed by atoms with Crippen LogP contribution in [0, 0.1) is 13.8 Å². The fraction of sp³-hybridized carbons (Fsp3) is 0.455. The molecule has 6 heteroatoms. The fourth-order valence-corrected chi connectivity index (χ4v) is 1.93. The Morgan fingerprint density at radius 2 is 2.12 bits per heavy atom. The molecule has 0 saturated carbocycles. The van der Waals surface area contributed by atoms with Gasteiger partial charge in [-0.1, -0.05) is 0 Å². The molecule has 5 nitrogen and oxygen atoms in total. The van der Waals surface area contributed by atoms with E-state index in [9.17, 15) is 9.59 Å². The first-order valence-electron chi connectivity index (χ1n) is 5.26. The zero-order valence-corrected chi connectivity index (χ0v) is 10.7. The summed E-state index contributed by atoms with van der Waals surface area (Å²) in [4.78, 5) is 22.1. The summed E-state index contributed by atoms with van der Waals surface area (Å²) in [5.74, 6) is -0.113. The molecule has 0 spiro atoms. The number of alkyl halides is 1. The standard InChI is InChI=1S/C11H16ClN3O2/c1-7-5-9(10(16)6-12)8(2)15(7)4-3-14-11(13)17/h5H,3-4,6H2,1-2H3,(H3,13,14,17). The van der Waals surface area contributed by atoms with E-state index in [4.69, 9.17) is 17.3 Å². The van der Waals surface area contributed by atoms with Crippen LogP contribution in [-0.2, 0) is 6.54 Å². The molecule has 0 radical (unpaired) electrons. The number of nitrogens with two attached hydrogens (primary N) is 1. The molecule has 2 amide bonds. The van der Waals surface area contributed by atoms with E-state index < -0.39 is 6.03 Å². The van der Waals surface area contributed by atoms with Gasteiger partial charge in [0, 0.05) is 30.0 Å². The Kier molecular flexibility index (Phi) is 4.57. The monoisotopic (exact) mass is 257 g/mol. The highest BCUT2D eigenvalue weighted by Gasteiger charge is 2.14. The van der Waals surface area contributed by atoms with Crippen LogP contribution in [-0.4, -0.2) is 28.8 Å². The quantitative estimate of drug-likeness (QED) is 0.614. The molecule has 0 atom stereocenters. The number of rotatable bonds is 5. The summed E-state index contributed by atoms with van der Waals surface area (Å²) in [6.07, 6.45) is 0. The number of primary amides is 1. The van der Waals surface area contributed by atoms with E-state index in [1.807, 2.05) is 24.5 Å². The highest BCUT2D eigenvalue weighted by molar-refractivity contribution is 6.30. The zero-order chi connectivity index (χ0) is 13.0. The molecule has 0 aliphatic heterocycles. The van der Waals surface area contributed by atoms with Crippen LogP contribution in [0.1, 0.15) is 21.7 Å². The van der Waals surface area contributed by atoms with Crippen LogP contribution in [0.5, 0.6) is 0 Å². The highest BCUT2D eigenvalue weighted by atomic mass is 35.5. The van der Waals surface area contributed by atoms with Crippen molar-refractivity contribution in [1.82, 2.24) is 9.88 Å². The van der Waals surface area contributed by atoms with Gasteiger partial charge in [0.25, 0.3) is 0 Å². The van der Waals surface area contributed by atoms with E-state index in [-0.39, 0.29) is 11.7 Å². The second-order valence-corrected chi connectivity index (χ2v) is 4.05. The normalized spacial score (nSPS) is 10.3. The maximum Gasteiger partial charge on any atom is 0.312 e. The van der Waals surface area contributed by atoms with Gasteiger partial charge in [-0.15, -0.1) is 11.6 Å². The average molecular weight is 258 g/mol. The number of hydrogen-bond acceptors (Lipinski definition) is 2. The van der Waals surface area contributed by atoms with Crippen molar-refractivity contribution < 1.29 is 9.59 Å². The van der Waals surface area contributed by atoms with Crippen LogP contribution in [0.4, 0.5) is 4.79 Å². The molecule has 0 fully saturated rings. The van der Waals surface area contributed by atoms with Crippen molar-refractivity contribution in [2.24, 2.45) is 5.73 Å². The lowest BCUT2D eigenvalue weighted by Crippen LogP contribution is -2.32. The third kappa shape index (κ3) is 3.23. The summed E-state index contributed by atoms with van der Waals surface area (Å²) in [5.41, 5.74) is 7.43. The van der Waals surface area contributed by atoms with Gasteiger partial charge < -0.3 is 15.6 Å². The Hall–Kier alpha value is -1.49. The minimum Gasteiger partial charge on any atom is -0.352 e. The molecule has 1 aromatic rings. The van der Waals surface area contributed by atoms with Gasteiger partial charge in [0.05, 0.1) is 5.88 Å². The zero-order valence-electron chi connectivity index (χ0n) is 9.92. The molecule has 1 aromatic heterocycles. The second kappa shape index (κ2) is 5.72. The molecule has 0 aliphatic carbocycles. The van der Waals surface area contributed by atoms with Crippen LogP contribution >= 0.6 is 11.6 Å². The number of nitrogens with zero attached hydrogens (tertiary/aromatic N) is 1. The third-order valence-electron chi connectivity index (χ3n) is 2.63. The molecule has 0 saturated heterocycles. The van der Waals surface area contributed by atoms with Crippen molar-refractivity contribution in [3.05, 3.63) is 23.0 Å². The average Bonchev–Trinajstić information content (AvgIpc) is 2.55. The van der Waals surface area contributed by atoms with Crippen molar-refractivity contribution >= 4 is 23.4 Å². The van der Waals surface area contributed by atoms with Crippen LogP contribution in [0.3, 0.4) is 0 Å². The van der Waals surface area contributed by atoms with Crippen LogP contribution in [0.2, 0.25) is 0 Å². The molecule has 0 aromatic carbocycles. The van der Waals surface area contributed by atoms with Gasteiger partial charge in [-0.25, -0.2) is 4.79 Å². The lowest BCUT2D eigenvalue weighted by Gasteiger charge is -2.09. The number of aryl methyl sites for hydroxylation is 1. The minimum absolute atomic E-state index is 0.0240. The van der Waals surface area contributed by atoms with Gasteiger partial charge in [0.15, 0.2) is 5.78 Å². The molecule has 0 bridgehead atoms. The van der Waals surface area contributed by atoms with E-state index in [1.54, 1.807) is 0 Å². The first-order valence-corrected chi connectivity index (χ1v) is 5.80. The van der Waals surface area contributed by atoms with Gasteiger partial charge >= 0.3 is 6.03 Å². The number of ketones is 1. The van der Waals surface area contributed by atoms with Crippen LogP contribution in [0.25, 0.3) is 0 Å². The molecular formula is C11H16ClN3O2. The van der Waals surface area contributed by atoms with Crippen LogP contribution < -0.4 is 11.1 Å². The molecule has 0 aliphatic rings. The molecule has 0 unspecified atom stereocenters. The van der Waals surface area contributed by atoms with Crippen LogP contribution in [0.15, 0.2) is 6.07 Å². The first kappa shape index (κ1) is 13.6. The number of hydrogen-bond donors (Lipinski definition) is 2. The van der Waals surface area contributed by atoms with E-state index in [0.29, 0.717) is 18.7 Å². The number of aromatic nitrogens is 1. The molecule has 94 valence electrons. The van der Waals surface area contributed by atoms with E-state index in [2.05, 4.69) is 5.32 Å². The Morgan fingerprint density at radius 3 is 2.65 bits per heavy atom.